The van der Waals surface area contributed by atoms with Crippen LogP contribution in [0.2, 0.25) is 0 Å². The van der Waals surface area contributed by atoms with Gasteiger partial charge in [-0.05, 0) is 6.07 Å². The molecule has 0 aromatic heterocycles. The number of nitro benzene ring substituents is 1. The van der Waals surface area contributed by atoms with Gasteiger partial charge in [-0.25, -0.2) is 0 Å². The Morgan fingerprint density at radius 2 is 2.28 bits per heavy atom. The van der Waals surface area contributed by atoms with Crippen LogP contribution < -0.4 is 10.6 Å². The van der Waals surface area contributed by atoms with E-state index in [0.717, 1.165) is 12.3 Å². The van der Waals surface area contributed by atoms with Crippen molar-refractivity contribution in [2.75, 3.05) is 23.4 Å². The zero-order valence-corrected chi connectivity index (χ0v) is 10.4. The number of nitrogens with one attached hydrogen (secondary N) is 2. The lowest BCUT2D eigenvalue weighted by atomic mass is 10.2. The minimum Gasteiger partial charge on any atom is -0.319 e. The van der Waals surface area contributed by atoms with E-state index in [4.69, 9.17) is 0 Å². The number of amides is 1. The average Bonchev–Trinajstić information content (AvgIpc) is 2.40. The van der Waals surface area contributed by atoms with Gasteiger partial charge in [0.25, 0.3) is 5.69 Å². The standard InChI is InChI=1S/C11H13N3O3S/c15-11(9-7-18-6-5-12-9)13-8-3-1-2-4-10(8)14(16)17/h1-4,9,12H,5-7H2,(H,13,15). The summed E-state index contributed by atoms with van der Waals surface area (Å²) in [5.74, 6) is 1.44. The molecule has 2 rings (SSSR count). The predicted molar refractivity (Wildman–Crippen MR) is 70.8 cm³/mol. The molecule has 1 heterocycles. The molecular weight excluding hydrogens is 254 g/mol. The van der Waals surface area contributed by atoms with Crippen LogP contribution in [0.3, 0.4) is 0 Å². The summed E-state index contributed by atoms with van der Waals surface area (Å²) in [6.07, 6.45) is 0. The molecule has 1 saturated heterocycles. The number of hydrogen-bond donors (Lipinski definition) is 2. The molecule has 0 bridgehead atoms. The van der Waals surface area contributed by atoms with Crippen molar-refractivity contribution in [2.45, 2.75) is 6.04 Å². The zero-order chi connectivity index (χ0) is 13.0. The highest BCUT2D eigenvalue weighted by atomic mass is 32.2. The van der Waals surface area contributed by atoms with Gasteiger partial charge in [0, 0.05) is 24.1 Å². The maximum absolute atomic E-state index is 11.9. The normalized spacial score (nSPS) is 19.2. The van der Waals surface area contributed by atoms with Gasteiger partial charge in [0.05, 0.1) is 11.0 Å². The Morgan fingerprint density at radius 1 is 1.50 bits per heavy atom. The molecule has 1 unspecified atom stereocenters. The number of para-hydroxylation sites is 2. The highest BCUT2D eigenvalue weighted by Crippen LogP contribution is 2.23. The van der Waals surface area contributed by atoms with Gasteiger partial charge >= 0.3 is 0 Å². The van der Waals surface area contributed by atoms with E-state index in [-0.39, 0.29) is 23.3 Å². The fraction of sp³-hybridized carbons (Fsp3) is 0.364. The summed E-state index contributed by atoms with van der Waals surface area (Å²) >= 11 is 1.70. The van der Waals surface area contributed by atoms with Gasteiger partial charge in [-0.15, -0.1) is 0 Å². The first kappa shape index (κ1) is 12.8. The maximum Gasteiger partial charge on any atom is 0.292 e. The summed E-state index contributed by atoms with van der Waals surface area (Å²) in [5, 5.41) is 16.5. The molecule has 1 atom stereocenters. The molecule has 7 heteroatoms. The number of anilines is 1. The lowest BCUT2D eigenvalue weighted by molar-refractivity contribution is -0.383. The van der Waals surface area contributed by atoms with Crippen molar-refractivity contribution in [1.29, 1.82) is 0 Å². The molecular formula is C11H13N3O3S. The lowest BCUT2D eigenvalue weighted by Gasteiger charge is -2.22. The van der Waals surface area contributed by atoms with Crippen LogP contribution in [0.15, 0.2) is 24.3 Å². The summed E-state index contributed by atoms with van der Waals surface area (Å²) in [5.41, 5.74) is 0.152. The maximum atomic E-state index is 11.9. The van der Waals surface area contributed by atoms with Crippen LogP contribution in [-0.4, -0.2) is 34.9 Å². The second kappa shape index (κ2) is 5.83. The number of benzene rings is 1. The molecule has 0 aliphatic carbocycles. The number of carbonyl (C=O) groups excluding carboxylic acids is 1. The Labute approximate surface area is 108 Å². The first-order chi connectivity index (χ1) is 8.68. The second-order valence-corrected chi connectivity index (χ2v) is 4.99. The summed E-state index contributed by atoms with van der Waals surface area (Å²) in [7, 11) is 0. The van der Waals surface area contributed by atoms with Crippen LogP contribution in [-0.2, 0) is 4.79 Å². The highest BCUT2D eigenvalue weighted by molar-refractivity contribution is 7.99. The molecule has 1 aliphatic heterocycles. The Bertz CT molecular complexity index is 461. The number of nitro groups is 1. The average molecular weight is 267 g/mol. The first-order valence-corrected chi connectivity index (χ1v) is 6.69. The smallest absolute Gasteiger partial charge is 0.292 e. The van der Waals surface area contributed by atoms with Gasteiger partial charge in [-0.2, -0.15) is 11.8 Å². The number of hydrogen-bond acceptors (Lipinski definition) is 5. The van der Waals surface area contributed by atoms with Crippen LogP contribution >= 0.6 is 11.8 Å². The van der Waals surface area contributed by atoms with E-state index >= 15 is 0 Å². The fourth-order valence-electron chi connectivity index (χ4n) is 1.69. The van der Waals surface area contributed by atoms with E-state index in [2.05, 4.69) is 10.6 Å². The highest BCUT2D eigenvalue weighted by Gasteiger charge is 2.23. The molecule has 0 saturated carbocycles. The summed E-state index contributed by atoms with van der Waals surface area (Å²) in [6.45, 7) is 0.777. The summed E-state index contributed by atoms with van der Waals surface area (Å²) in [4.78, 5) is 22.2. The van der Waals surface area contributed by atoms with Crippen LogP contribution in [0.4, 0.5) is 11.4 Å². The molecule has 1 aliphatic rings. The molecule has 2 N–H and O–H groups in total. The topological polar surface area (TPSA) is 84.3 Å². The molecule has 1 aromatic rings. The molecule has 18 heavy (non-hydrogen) atoms. The second-order valence-electron chi connectivity index (χ2n) is 3.85. The lowest BCUT2D eigenvalue weighted by Crippen LogP contribution is -2.46. The van der Waals surface area contributed by atoms with Gasteiger partial charge in [0.15, 0.2) is 0 Å². The van der Waals surface area contributed by atoms with Gasteiger partial charge in [0.2, 0.25) is 5.91 Å². The Hall–Kier alpha value is -1.60. The van der Waals surface area contributed by atoms with Crippen molar-refractivity contribution >= 4 is 29.0 Å². The first-order valence-electron chi connectivity index (χ1n) is 5.54. The van der Waals surface area contributed by atoms with Crippen LogP contribution in [0, 0.1) is 10.1 Å². The van der Waals surface area contributed by atoms with Crippen molar-refractivity contribution in [2.24, 2.45) is 0 Å². The molecule has 0 radical (unpaired) electrons. The van der Waals surface area contributed by atoms with Gasteiger partial charge in [-0.1, -0.05) is 12.1 Å². The minimum atomic E-state index is -0.501. The third-order valence-corrected chi connectivity index (χ3v) is 3.66. The van der Waals surface area contributed by atoms with E-state index < -0.39 is 4.92 Å². The number of rotatable bonds is 3. The van der Waals surface area contributed by atoms with Crippen molar-refractivity contribution in [3.8, 4) is 0 Å². The monoisotopic (exact) mass is 267 g/mol. The van der Waals surface area contributed by atoms with Crippen molar-refractivity contribution in [3.05, 3.63) is 34.4 Å². The third kappa shape index (κ3) is 2.99. The van der Waals surface area contributed by atoms with E-state index in [1.165, 1.54) is 12.1 Å². The quantitative estimate of drug-likeness (QED) is 0.636. The van der Waals surface area contributed by atoms with Crippen molar-refractivity contribution in [3.63, 3.8) is 0 Å². The van der Waals surface area contributed by atoms with E-state index in [1.807, 2.05) is 0 Å². The minimum absolute atomic E-state index is 0.0886. The van der Waals surface area contributed by atoms with E-state index in [0.29, 0.717) is 5.75 Å². The molecule has 0 spiro atoms. The van der Waals surface area contributed by atoms with Gasteiger partial charge in [0.1, 0.15) is 5.69 Å². The molecule has 6 nitrogen and oxygen atoms in total. The number of carbonyl (C=O) groups is 1. The SMILES string of the molecule is O=C(Nc1ccccc1[N+](=O)[O-])C1CSCCN1. The van der Waals surface area contributed by atoms with Gasteiger partial charge in [-0.3, -0.25) is 14.9 Å². The molecule has 1 aromatic carbocycles. The molecule has 96 valence electrons. The number of thioether (sulfide) groups is 1. The molecule has 1 amide bonds. The van der Waals surface area contributed by atoms with Crippen LogP contribution in [0.5, 0.6) is 0 Å². The third-order valence-electron chi connectivity index (χ3n) is 2.60. The Kier molecular flexibility index (Phi) is 4.16. The van der Waals surface area contributed by atoms with Crippen molar-refractivity contribution < 1.29 is 9.72 Å². The van der Waals surface area contributed by atoms with Crippen LogP contribution in [0.25, 0.3) is 0 Å². The Balaban J connectivity index is 2.08. The molecule has 1 fully saturated rings. The number of nitrogens with zero attached hydrogens (tertiary/aromatic N) is 1. The van der Waals surface area contributed by atoms with Crippen LogP contribution in [0.1, 0.15) is 0 Å². The van der Waals surface area contributed by atoms with E-state index in [1.54, 1.807) is 23.9 Å². The fourth-order valence-corrected chi connectivity index (χ4v) is 2.63. The van der Waals surface area contributed by atoms with Gasteiger partial charge < -0.3 is 10.6 Å². The summed E-state index contributed by atoms with van der Waals surface area (Å²) in [6, 6.07) is 5.85. The summed E-state index contributed by atoms with van der Waals surface area (Å²) < 4.78 is 0. The predicted octanol–water partition coefficient (Wildman–Crippen LogP) is 1.24. The van der Waals surface area contributed by atoms with E-state index in [9.17, 15) is 14.9 Å². The Morgan fingerprint density at radius 3 is 2.94 bits per heavy atom. The van der Waals surface area contributed by atoms with Crippen molar-refractivity contribution in [1.82, 2.24) is 5.32 Å². The zero-order valence-electron chi connectivity index (χ0n) is 9.59. The largest absolute Gasteiger partial charge is 0.319 e.